The minimum absolute atomic E-state index is 1.17. The molecule has 0 spiro atoms. The van der Waals surface area contributed by atoms with Gasteiger partial charge in [0.2, 0.25) is 0 Å². The van der Waals surface area contributed by atoms with Crippen LogP contribution in [-0.2, 0) is 0 Å². The first-order valence-corrected chi connectivity index (χ1v) is 12.7. The molecule has 0 N–H and O–H groups in total. The molecular weight excluding hydrogens is 444 g/mol. The van der Waals surface area contributed by atoms with Crippen LogP contribution in [0, 0.1) is 0 Å². The van der Waals surface area contributed by atoms with Crippen LogP contribution < -0.4 is 0 Å². The van der Waals surface area contributed by atoms with Gasteiger partial charge in [0.05, 0.1) is 22.1 Å². The number of fused-ring (bicyclic) bond motifs is 8. The van der Waals surface area contributed by atoms with Crippen LogP contribution in [0.25, 0.3) is 65.1 Å². The lowest BCUT2D eigenvalue weighted by Crippen LogP contribution is -1.97. The number of hydrogen-bond acceptors (Lipinski definition) is 1. The van der Waals surface area contributed by atoms with Crippen LogP contribution in [0.2, 0.25) is 0 Å². The van der Waals surface area contributed by atoms with E-state index in [0.717, 1.165) is 0 Å². The third-order valence-corrected chi connectivity index (χ3v) is 8.10. The SMILES string of the molecule is c1ccc2c(c1)c1ccccc1n2-c1ccc(-n2c3ccccc3c3c4ccsc4ccc32)cc1. The summed E-state index contributed by atoms with van der Waals surface area (Å²) in [5, 5.41) is 8.74. The number of thiophene rings is 1. The van der Waals surface area contributed by atoms with Gasteiger partial charge in [0.15, 0.2) is 0 Å². The molecule has 0 aliphatic carbocycles. The summed E-state index contributed by atoms with van der Waals surface area (Å²) < 4.78 is 6.11. The summed E-state index contributed by atoms with van der Waals surface area (Å²) in [6.07, 6.45) is 0. The highest BCUT2D eigenvalue weighted by atomic mass is 32.1. The van der Waals surface area contributed by atoms with Crippen molar-refractivity contribution >= 4 is 65.0 Å². The number of nitrogens with zero attached hydrogens (tertiary/aromatic N) is 2. The molecule has 0 amide bonds. The quantitative estimate of drug-likeness (QED) is 0.241. The van der Waals surface area contributed by atoms with E-state index < -0.39 is 0 Å². The average Bonchev–Trinajstić information content (AvgIpc) is 3.61. The average molecular weight is 465 g/mol. The summed E-state index contributed by atoms with van der Waals surface area (Å²) >= 11 is 1.81. The fraction of sp³-hybridized carbons (Fsp3) is 0. The van der Waals surface area contributed by atoms with E-state index in [9.17, 15) is 0 Å². The van der Waals surface area contributed by atoms with Gasteiger partial charge in [-0.05, 0) is 66.0 Å². The molecule has 3 aromatic heterocycles. The van der Waals surface area contributed by atoms with Gasteiger partial charge in [0.1, 0.15) is 0 Å². The molecule has 0 aliphatic rings. The number of aromatic nitrogens is 2. The second-order valence-electron chi connectivity index (χ2n) is 9.03. The fourth-order valence-corrected chi connectivity index (χ4v) is 6.54. The van der Waals surface area contributed by atoms with Gasteiger partial charge in [0, 0.05) is 43.0 Å². The smallest absolute Gasteiger partial charge is 0.0548 e. The second kappa shape index (κ2) is 7.08. The summed E-state index contributed by atoms with van der Waals surface area (Å²) in [5.41, 5.74) is 7.31. The highest BCUT2D eigenvalue weighted by Crippen LogP contribution is 2.39. The number of rotatable bonds is 2. The first-order chi connectivity index (χ1) is 17.4. The third kappa shape index (κ3) is 2.59. The summed E-state index contributed by atoms with van der Waals surface area (Å²) in [4.78, 5) is 0. The highest BCUT2D eigenvalue weighted by molar-refractivity contribution is 7.17. The summed E-state index contributed by atoms with van der Waals surface area (Å²) in [5.74, 6) is 0. The lowest BCUT2D eigenvalue weighted by molar-refractivity contribution is 1.14. The van der Waals surface area contributed by atoms with Crippen LogP contribution in [0.15, 0.2) is 121 Å². The summed E-state index contributed by atoms with van der Waals surface area (Å²) in [7, 11) is 0. The van der Waals surface area contributed by atoms with Crippen molar-refractivity contribution in [3.63, 3.8) is 0 Å². The van der Waals surface area contributed by atoms with Gasteiger partial charge >= 0.3 is 0 Å². The molecule has 5 aromatic carbocycles. The van der Waals surface area contributed by atoms with E-state index in [0.29, 0.717) is 0 Å². The number of benzene rings is 5. The zero-order chi connectivity index (χ0) is 22.9. The van der Waals surface area contributed by atoms with E-state index >= 15 is 0 Å². The van der Waals surface area contributed by atoms with E-state index in [-0.39, 0.29) is 0 Å². The maximum absolute atomic E-state index is 2.40. The molecule has 2 nitrogen and oxygen atoms in total. The molecule has 0 bridgehead atoms. The van der Waals surface area contributed by atoms with Gasteiger partial charge in [-0.15, -0.1) is 11.3 Å². The molecule has 8 aromatic rings. The van der Waals surface area contributed by atoms with Crippen molar-refractivity contribution in [2.24, 2.45) is 0 Å². The van der Waals surface area contributed by atoms with Gasteiger partial charge < -0.3 is 9.13 Å². The van der Waals surface area contributed by atoms with E-state index in [1.165, 1.54) is 65.1 Å². The van der Waals surface area contributed by atoms with Gasteiger partial charge in [0.25, 0.3) is 0 Å². The zero-order valence-corrected chi connectivity index (χ0v) is 19.7. The topological polar surface area (TPSA) is 9.86 Å². The second-order valence-corrected chi connectivity index (χ2v) is 9.98. The largest absolute Gasteiger partial charge is 0.309 e. The van der Waals surface area contributed by atoms with Crippen molar-refractivity contribution in [3.8, 4) is 11.4 Å². The Morgan fingerprint density at radius 2 is 0.914 bits per heavy atom. The Hall–Kier alpha value is -4.34. The molecular formula is C32H20N2S. The summed E-state index contributed by atoms with van der Waals surface area (Å²) in [6.45, 7) is 0. The van der Waals surface area contributed by atoms with Crippen molar-refractivity contribution in [3.05, 3.63) is 121 Å². The molecule has 0 radical (unpaired) electrons. The van der Waals surface area contributed by atoms with E-state index in [1.54, 1.807) is 11.3 Å². The maximum atomic E-state index is 2.40. The van der Waals surface area contributed by atoms with Crippen LogP contribution in [0.3, 0.4) is 0 Å². The molecule has 0 fully saturated rings. The Kier molecular flexibility index (Phi) is 3.85. The number of hydrogen-bond donors (Lipinski definition) is 0. The number of para-hydroxylation sites is 3. The molecule has 0 atom stereocenters. The Morgan fingerprint density at radius 1 is 0.400 bits per heavy atom. The lowest BCUT2D eigenvalue weighted by Gasteiger charge is -2.11. The molecule has 3 heterocycles. The molecule has 0 aliphatic heterocycles. The van der Waals surface area contributed by atoms with Gasteiger partial charge in [-0.25, -0.2) is 0 Å². The predicted octanol–water partition coefficient (Wildman–Crippen LogP) is 9.10. The Balaban J connectivity index is 1.38. The van der Waals surface area contributed by atoms with E-state index in [4.69, 9.17) is 0 Å². The van der Waals surface area contributed by atoms with Crippen LogP contribution >= 0.6 is 11.3 Å². The van der Waals surface area contributed by atoms with Crippen molar-refractivity contribution in [2.45, 2.75) is 0 Å². The van der Waals surface area contributed by atoms with Crippen LogP contribution in [0.5, 0.6) is 0 Å². The maximum Gasteiger partial charge on any atom is 0.0548 e. The van der Waals surface area contributed by atoms with Crippen molar-refractivity contribution in [1.29, 1.82) is 0 Å². The lowest BCUT2D eigenvalue weighted by atomic mass is 10.1. The third-order valence-electron chi connectivity index (χ3n) is 7.21. The van der Waals surface area contributed by atoms with E-state index in [2.05, 4.69) is 130 Å². The molecule has 8 rings (SSSR count). The van der Waals surface area contributed by atoms with Gasteiger partial charge in [-0.1, -0.05) is 54.6 Å². The predicted molar refractivity (Wildman–Crippen MR) is 151 cm³/mol. The Labute approximate surface area is 205 Å². The summed E-state index contributed by atoms with van der Waals surface area (Å²) in [6, 6.07) is 41.9. The van der Waals surface area contributed by atoms with Crippen LogP contribution in [0.1, 0.15) is 0 Å². The van der Waals surface area contributed by atoms with Crippen LogP contribution in [0.4, 0.5) is 0 Å². The minimum atomic E-state index is 1.17. The normalized spacial score (nSPS) is 12.0. The highest BCUT2D eigenvalue weighted by Gasteiger charge is 2.16. The van der Waals surface area contributed by atoms with Crippen molar-refractivity contribution in [1.82, 2.24) is 9.13 Å². The molecule has 0 saturated heterocycles. The molecule has 164 valence electrons. The first kappa shape index (κ1) is 19.0. The van der Waals surface area contributed by atoms with Crippen LogP contribution in [-0.4, -0.2) is 9.13 Å². The monoisotopic (exact) mass is 464 g/mol. The molecule has 0 unspecified atom stereocenters. The minimum Gasteiger partial charge on any atom is -0.309 e. The Bertz CT molecular complexity index is 2000. The molecule has 0 saturated carbocycles. The Morgan fingerprint density at radius 3 is 1.54 bits per heavy atom. The molecule has 3 heteroatoms. The fourth-order valence-electron chi connectivity index (χ4n) is 5.74. The van der Waals surface area contributed by atoms with Gasteiger partial charge in [-0.3, -0.25) is 0 Å². The van der Waals surface area contributed by atoms with Gasteiger partial charge in [-0.2, -0.15) is 0 Å². The van der Waals surface area contributed by atoms with Crippen molar-refractivity contribution in [2.75, 3.05) is 0 Å². The standard InChI is InChI=1S/C32H20N2S/c1-4-10-27-23(7-1)24-8-2-5-11-28(24)33(27)21-13-15-22(16-14-21)34-29-12-6-3-9-25(29)32-26-19-20-35-31(26)18-17-30(32)34/h1-20H. The first-order valence-electron chi connectivity index (χ1n) is 11.9. The van der Waals surface area contributed by atoms with Crippen molar-refractivity contribution < 1.29 is 0 Å². The molecule has 35 heavy (non-hydrogen) atoms. The van der Waals surface area contributed by atoms with E-state index in [1.807, 2.05) is 0 Å². The zero-order valence-electron chi connectivity index (χ0n) is 18.8.